The molecule has 0 saturated carbocycles. The topological polar surface area (TPSA) is 38.2 Å². The SMILES string of the molecule is CCN(c1ccc(OCC(C)C)c(C(C)C)c1)c1cnc(C)cn1. The average Bonchev–Trinajstić information content (AvgIpc) is 2.55. The first-order valence-corrected chi connectivity index (χ1v) is 8.75. The van der Waals surface area contributed by atoms with Gasteiger partial charge in [0.25, 0.3) is 0 Å². The molecule has 1 aromatic heterocycles. The van der Waals surface area contributed by atoms with Crippen LogP contribution in [0, 0.1) is 12.8 Å². The van der Waals surface area contributed by atoms with Crippen molar-refractivity contribution in [3.63, 3.8) is 0 Å². The van der Waals surface area contributed by atoms with Crippen molar-refractivity contribution >= 4 is 11.5 Å². The summed E-state index contributed by atoms with van der Waals surface area (Å²) in [6.45, 7) is 14.4. The third kappa shape index (κ3) is 4.47. The Balaban J connectivity index is 2.34. The van der Waals surface area contributed by atoms with Crippen molar-refractivity contribution in [1.82, 2.24) is 9.97 Å². The number of ether oxygens (including phenoxy) is 1. The van der Waals surface area contributed by atoms with Gasteiger partial charge in [0.15, 0.2) is 5.82 Å². The Morgan fingerprint density at radius 1 is 1.08 bits per heavy atom. The summed E-state index contributed by atoms with van der Waals surface area (Å²) >= 11 is 0. The predicted molar refractivity (Wildman–Crippen MR) is 100 cm³/mol. The highest BCUT2D eigenvalue weighted by Crippen LogP contribution is 2.33. The van der Waals surface area contributed by atoms with Crippen LogP contribution in [-0.4, -0.2) is 23.1 Å². The largest absolute Gasteiger partial charge is 0.493 e. The summed E-state index contributed by atoms with van der Waals surface area (Å²) in [5.74, 6) is 2.76. The Morgan fingerprint density at radius 2 is 1.83 bits per heavy atom. The van der Waals surface area contributed by atoms with E-state index < -0.39 is 0 Å². The van der Waals surface area contributed by atoms with Gasteiger partial charge in [0.05, 0.1) is 24.7 Å². The van der Waals surface area contributed by atoms with Gasteiger partial charge in [0.1, 0.15) is 5.75 Å². The van der Waals surface area contributed by atoms with Crippen LogP contribution in [0.25, 0.3) is 0 Å². The Labute approximate surface area is 145 Å². The van der Waals surface area contributed by atoms with Gasteiger partial charge in [-0.1, -0.05) is 27.7 Å². The number of rotatable bonds is 7. The molecule has 0 saturated heterocycles. The maximum atomic E-state index is 6.00. The van der Waals surface area contributed by atoms with Gasteiger partial charge >= 0.3 is 0 Å². The number of hydrogen-bond acceptors (Lipinski definition) is 4. The number of hydrogen-bond donors (Lipinski definition) is 0. The molecule has 0 unspecified atom stereocenters. The Hall–Kier alpha value is -2.10. The summed E-state index contributed by atoms with van der Waals surface area (Å²) in [6.07, 6.45) is 3.64. The smallest absolute Gasteiger partial charge is 0.151 e. The molecule has 0 fully saturated rings. The van der Waals surface area contributed by atoms with Crippen molar-refractivity contribution in [2.24, 2.45) is 5.92 Å². The lowest BCUT2D eigenvalue weighted by Gasteiger charge is -2.24. The van der Waals surface area contributed by atoms with E-state index in [1.165, 1.54) is 5.56 Å². The fourth-order valence-electron chi connectivity index (χ4n) is 2.54. The minimum absolute atomic E-state index is 0.398. The van der Waals surface area contributed by atoms with Crippen molar-refractivity contribution in [3.8, 4) is 5.75 Å². The second-order valence-electron chi connectivity index (χ2n) is 6.84. The Bertz CT molecular complexity index is 650. The first kappa shape index (κ1) is 18.2. The molecule has 4 heteroatoms. The zero-order valence-corrected chi connectivity index (χ0v) is 15.7. The van der Waals surface area contributed by atoms with Crippen molar-refractivity contribution in [3.05, 3.63) is 41.9 Å². The Morgan fingerprint density at radius 3 is 2.38 bits per heavy atom. The first-order valence-electron chi connectivity index (χ1n) is 8.75. The molecule has 0 amide bonds. The second-order valence-corrected chi connectivity index (χ2v) is 6.84. The Kier molecular flexibility index (Phi) is 6.18. The third-order valence-corrected chi connectivity index (χ3v) is 3.86. The van der Waals surface area contributed by atoms with E-state index in [0.29, 0.717) is 11.8 Å². The van der Waals surface area contributed by atoms with Crippen LogP contribution >= 0.6 is 0 Å². The summed E-state index contributed by atoms with van der Waals surface area (Å²) in [5.41, 5.74) is 3.28. The summed E-state index contributed by atoms with van der Waals surface area (Å²) in [6, 6.07) is 6.40. The minimum atomic E-state index is 0.398. The van der Waals surface area contributed by atoms with E-state index in [-0.39, 0.29) is 0 Å². The number of anilines is 2. The van der Waals surface area contributed by atoms with Gasteiger partial charge < -0.3 is 9.64 Å². The molecule has 0 N–H and O–H groups in total. The summed E-state index contributed by atoms with van der Waals surface area (Å²) < 4.78 is 6.00. The average molecular weight is 327 g/mol. The normalized spacial score (nSPS) is 11.2. The molecule has 2 aromatic rings. The van der Waals surface area contributed by atoms with E-state index in [1.54, 1.807) is 0 Å². The predicted octanol–water partition coefficient (Wildman–Crippen LogP) is 5.10. The molecular formula is C20H29N3O. The molecule has 24 heavy (non-hydrogen) atoms. The molecule has 0 aliphatic heterocycles. The number of aromatic nitrogens is 2. The molecule has 130 valence electrons. The molecular weight excluding hydrogens is 298 g/mol. The van der Waals surface area contributed by atoms with Crippen LogP contribution in [-0.2, 0) is 0 Å². The standard InChI is InChI=1S/C20H29N3O/c1-7-23(20-12-21-16(6)11-22-20)17-8-9-19(24-13-14(2)3)18(10-17)15(4)5/h8-12,14-15H,7,13H2,1-6H3. The molecule has 1 aromatic carbocycles. The van der Waals surface area contributed by atoms with Crippen LogP contribution in [0.4, 0.5) is 11.5 Å². The van der Waals surface area contributed by atoms with Crippen LogP contribution in [0.1, 0.15) is 51.8 Å². The number of aryl methyl sites for hydroxylation is 1. The molecule has 0 aliphatic carbocycles. The molecule has 0 bridgehead atoms. The molecule has 2 rings (SSSR count). The van der Waals surface area contributed by atoms with Crippen LogP contribution in [0.2, 0.25) is 0 Å². The summed E-state index contributed by atoms with van der Waals surface area (Å²) in [5, 5.41) is 0. The van der Waals surface area contributed by atoms with E-state index in [4.69, 9.17) is 4.74 Å². The third-order valence-electron chi connectivity index (χ3n) is 3.86. The van der Waals surface area contributed by atoms with Crippen molar-refractivity contribution in [2.45, 2.75) is 47.5 Å². The fourth-order valence-corrected chi connectivity index (χ4v) is 2.54. The summed E-state index contributed by atoms with van der Waals surface area (Å²) in [4.78, 5) is 11.1. The van der Waals surface area contributed by atoms with Gasteiger partial charge in [0.2, 0.25) is 0 Å². The van der Waals surface area contributed by atoms with Crippen LogP contribution in [0.5, 0.6) is 5.75 Å². The molecule has 0 aliphatic rings. The number of nitrogens with zero attached hydrogens (tertiary/aromatic N) is 3. The lowest BCUT2D eigenvalue weighted by molar-refractivity contribution is 0.268. The maximum Gasteiger partial charge on any atom is 0.151 e. The van der Waals surface area contributed by atoms with Gasteiger partial charge in [-0.05, 0) is 49.4 Å². The summed E-state index contributed by atoms with van der Waals surface area (Å²) in [7, 11) is 0. The van der Waals surface area contributed by atoms with E-state index in [9.17, 15) is 0 Å². The van der Waals surface area contributed by atoms with Gasteiger partial charge in [-0.3, -0.25) is 4.98 Å². The van der Waals surface area contributed by atoms with E-state index in [0.717, 1.165) is 36.1 Å². The van der Waals surface area contributed by atoms with Gasteiger partial charge in [0, 0.05) is 12.2 Å². The lowest BCUT2D eigenvalue weighted by Crippen LogP contribution is -2.18. The molecule has 0 atom stereocenters. The van der Waals surface area contributed by atoms with Gasteiger partial charge in [-0.25, -0.2) is 4.98 Å². The van der Waals surface area contributed by atoms with Crippen molar-refractivity contribution in [1.29, 1.82) is 0 Å². The van der Waals surface area contributed by atoms with Crippen LogP contribution in [0.15, 0.2) is 30.6 Å². The van der Waals surface area contributed by atoms with E-state index >= 15 is 0 Å². The van der Waals surface area contributed by atoms with Crippen LogP contribution in [0.3, 0.4) is 0 Å². The van der Waals surface area contributed by atoms with E-state index in [2.05, 4.69) is 67.7 Å². The van der Waals surface area contributed by atoms with Crippen molar-refractivity contribution in [2.75, 3.05) is 18.1 Å². The first-order chi connectivity index (χ1) is 11.4. The lowest BCUT2D eigenvalue weighted by atomic mass is 10.0. The molecule has 0 spiro atoms. The quantitative estimate of drug-likeness (QED) is 0.709. The highest BCUT2D eigenvalue weighted by atomic mass is 16.5. The highest BCUT2D eigenvalue weighted by Gasteiger charge is 2.14. The zero-order valence-electron chi connectivity index (χ0n) is 15.7. The van der Waals surface area contributed by atoms with Gasteiger partial charge in [-0.15, -0.1) is 0 Å². The second kappa shape index (κ2) is 8.13. The molecule has 0 radical (unpaired) electrons. The number of benzene rings is 1. The molecule has 4 nitrogen and oxygen atoms in total. The van der Waals surface area contributed by atoms with E-state index in [1.807, 2.05) is 19.3 Å². The highest BCUT2D eigenvalue weighted by molar-refractivity contribution is 5.62. The fraction of sp³-hybridized carbons (Fsp3) is 0.500. The van der Waals surface area contributed by atoms with Crippen LogP contribution < -0.4 is 9.64 Å². The van der Waals surface area contributed by atoms with Gasteiger partial charge in [-0.2, -0.15) is 0 Å². The monoisotopic (exact) mass is 327 g/mol. The van der Waals surface area contributed by atoms with Crippen molar-refractivity contribution < 1.29 is 4.74 Å². The molecule has 1 heterocycles. The zero-order chi connectivity index (χ0) is 17.7. The minimum Gasteiger partial charge on any atom is -0.493 e. The maximum absolute atomic E-state index is 6.00.